The SMILES string of the molecule is O=C(O)C(Cl)C(=O)O.[NaH]. The molecule has 0 radical (unpaired) electrons. The number of rotatable bonds is 2. The van der Waals surface area contributed by atoms with E-state index in [0.29, 0.717) is 0 Å². The van der Waals surface area contributed by atoms with Crippen LogP contribution in [0, 0.1) is 0 Å². The molecule has 0 atom stereocenters. The molecule has 0 aromatic heterocycles. The zero-order valence-electron chi connectivity index (χ0n) is 3.67. The summed E-state index contributed by atoms with van der Waals surface area (Å²) in [6, 6.07) is 0. The van der Waals surface area contributed by atoms with Gasteiger partial charge in [-0.2, -0.15) is 0 Å². The Labute approximate surface area is 78.1 Å². The zero-order chi connectivity index (χ0) is 6.73. The topological polar surface area (TPSA) is 74.6 Å². The van der Waals surface area contributed by atoms with Crippen molar-refractivity contribution in [2.45, 2.75) is 5.38 Å². The van der Waals surface area contributed by atoms with Crippen LogP contribution in [0.25, 0.3) is 0 Å². The maximum atomic E-state index is 9.63. The molecule has 0 saturated carbocycles. The molecule has 9 heavy (non-hydrogen) atoms. The standard InChI is InChI=1S/C3H3ClO4.Na.H/c4-1(2(5)6)3(7)8;;/h1H,(H,5,6)(H,7,8);;. The predicted octanol–water partition coefficient (Wildman–Crippen LogP) is -0.886. The summed E-state index contributed by atoms with van der Waals surface area (Å²) in [6.45, 7) is 0. The van der Waals surface area contributed by atoms with Crippen molar-refractivity contribution in [3.63, 3.8) is 0 Å². The Balaban J connectivity index is 0. The minimum atomic E-state index is -1.82. The van der Waals surface area contributed by atoms with Gasteiger partial charge in [-0.05, 0) is 0 Å². The van der Waals surface area contributed by atoms with Crippen molar-refractivity contribution in [1.82, 2.24) is 0 Å². The number of halogens is 1. The predicted molar refractivity (Wildman–Crippen MR) is 32.1 cm³/mol. The molecule has 0 rings (SSSR count). The van der Waals surface area contributed by atoms with E-state index in [-0.39, 0.29) is 29.6 Å². The van der Waals surface area contributed by atoms with Gasteiger partial charge < -0.3 is 10.2 Å². The van der Waals surface area contributed by atoms with Crippen molar-refractivity contribution in [1.29, 1.82) is 0 Å². The van der Waals surface area contributed by atoms with Gasteiger partial charge in [-0.25, -0.2) is 9.59 Å². The molecule has 0 spiro atoms. The fourth-order valence-corrected chi connectivity index (χ4v) is 0.106. The van der Waals surface area contributed by atoms with Crippen molar-refractivity contribution >= 4 is 53.1 Å². The van der Waals surface area contributed by atoms with Crippen molar-refractivity contribution in [3.8, 4) is 0 Å². The second-order valence-corrected chi connectivity index (χ2v) is 1.48. The van der Waals surface area contributed by atoms with Gasteiger partial charge in [0.05, 0.1) is 0 Å². The molecule has 0 aliphatic heterocycles. The Hall–Kier alpha value is 0.230. The van der Waals surface area contributed by atoms with Crippen LogP contribution in [0.4, 0.5) is 0 Å². The zero-order valence-corrected chi connectivity index (χ0v) is 4.42. The summed E-state index contributed by atoms with van der Waals surface area (Å²) >= 11 is 4.75. The summed E-state index contributed by atoms with van der Waals surface area (Å²) in [7, 11) is 0. The fraction of sp³-hybridized carbons (Fsp3) is 0.333. The number of carboxylic acid groups (broad SMARTS) is 2. The molecule has 0 bridgehead atoms. The summed E-state index contributed by atoms with van der Waals surface area (Å²) in [4.78, 5) is 19.3. The van der Waals surface area contributed by atoms with E-state index in [2.05, 4.69) is 0 Å². The first-order chi connectivity index (χ1) is 3.55. The molecule has 0 aromatic carbocycles. The van der Waals surface area contributed by atoms with Gasteiger partial charge in [0.25, 0.3) is 0 Å². The van der Waals surface area contributed by atoms with Gasteiger partial charge in [-0.15, -0.1) is 0 Å². The van der Waals surface area contributed by atoms with Crippen LogP contribution >= 0.6 is 11.6 Å². The van der Waals surface area contributed by atoms with Crippen molar-refractivity contribution in [3.05, 3.63) is 0 Å². The van der Waals surface area contributed by atoms with Crippen molar-refractivity contribution < 1.29 is 19.8 Å². The van der Waals surface area contributed by atoms with Gasteiger partial charge in [-0.1, -0.05) is 11.6 Å². The molecule has 0 fully saturated rings. The van der Waals surface area contributed by atoms with Crippen LogP contribution in [0.5, 0.6) is 0 Å². The van der Waals surface area contributed by atoms with Crippen LogP contribution in [0.1, 0.15) is 0 Å². The van der Waals surface area contributed by atoms with E-state index in [4.69, 9.17) is 21.8 Å². The number of alkyl halides is 1. The molecule has 0 aliphatic rings. The van der Waals surface area contributed by atoms with E-state index in [9.17, 15) is 9.59 Å². The number of aliphatic carboxylic acids is 2. The molecule has 0 unspecified atom stereocenters. The Bertz CT molecular complexity index is 111. The summed E-state index contributed by atoms with van der Waals surface area (Å²) in [5.41, 5.74) is 0. The van der Waals surface area contributed by atoms with Gasteiger partial charge in [0.1, 0.15) is 0 Å². The molecule has 4 nitrogen and oxygen atoms in total. The molecule has 0 aromatic rings. The van der Waals surface area contributed by atoms with Gasteiger partial charge in [0.15, 0.2) is 0 Å². The average molecular weight is 163 g/mol. The van der Waals surface area contributed by atoms with Crippen molar-refractivity contribution in [2.75, 3.05) is 0 Å². The van der Waals surface area contributed by atoms with Crippen LogP contribution < -0.4 is 0 Å². The first-order valence-corrected chi connectivity index (χ1v) is 2.09. The third-order valence-corrected chi connectivity index (χ3v) is 0.807. The van der Waals surface area contributed by atoms with E-state index in [1.807, 2.05) is 0 Å². The second kappa shape index (κ2) is 5.05. The normalized spacial score (nSPS) is 8.22. The molecule has 0 heterocycles. The molecule has 6 heteroatoms. The van der Waals surface area contributed by atoms with Gasteiger partial charge in [-0.3, -0.25) is 0 Å². The molecule has 48 valence electrons. The van der Waals surface area contributed by atoms with Gasteiger partial charge in [0.2, 0.25) is 5.38 Å². The van der Waals surface area contributed by atoms with E-state index in [0.717, 1.165) is 0 Å². The molecular weight excluding hydrogens is 158 g/mol. The van der Waals surface area contributed by atoms with E-state index < -0.39 is 17.3 Å². The quantitative estimate of drug-likeness (QED) is 0.314. The van der Waals surface area contributed by atoms with Crippen LogP contribution in [0.3, 0.4) is 0 Å². The Morgan fingerprint density at radius 3 is 1.44 bits per heavy atom. The van der Waals surface area contributed by atoms with E-state index in [1.54, 1.807) is 0 Å². The second-order valence-electron chi connectivity index (χ2n) is 1.04. The Kier molecular flexibility index (Phi) is 6.71. The monoisotopic (exact) mass is 162 g/mol. The van der Waals surface area contributed by atoms with Crippen LogP contribution in [-0.2, 0) is 9.59 Å². The summed E-state index contributed by atoms with van der Waals surface area (Å²) in [5.74, 6) is -3.08. The maximum absolute atomic E-state index is 9.63. The Morgan fingerprint density at radius 1 is 1.22 bits per heavy atom. The number of hydrogen-bond acceptors (Lipinski definition) is 2. The fourth-order valence-electron chi connectivity index (χ4n) is 0.106. The molecule has 0 amide bonds. The number of hydrogen-bond donors (Lipinski definition) is 2. The van der Waals surface area contributed by atoms with Gasteiger partial charge in [0, 0.05) is 0 Å². The van der Waals surface area contributed by atoms with Gasteiger partial charge >= 0.3 is 41.5 Å². The number of carboxylic acids is 2. The third-order valence-electron chi connectivity index (χ3n) is 0.434. The first-order valence-electron chi connectivity index (χ1n) is 1.65. The van der Waals surface area contributed by atoms with Crippen molar-refractivity contribution in [2.24, 2.45) is 0 Å². The van der Waals surface area contributed by atoms with Crippen LogP contribution in [0.15, 0.2) is 0 Å². The summed E-state index contributed by atoms with van der Waals surface area (Å²) < 4.78 is 0. The summed E-state index contributed by atoms with van der Waals surface area (Å²) in [5, 5.41) is 13.9. The molecular formula is C3H4ClNaO4. The number of carbonyl (C=O) groups is 2. The molecule has 0 saturated heterocycles. The van der Waals surface area contributed by atoms with E-state index in [1.165, 1.54) is 0 Å². The Morgan fingerprint density at radius 2 is 1.44 bits per heavy atom. The summed E-state index contributed by atoms with van der Waals surface area (Å²) in [6.07, 6.45) is 0. The van der Waals surface area contributed by atoms with E-state index >= 15 is 0 Å². The minimum absolute atomic E-state index is 0. The van der Waals surface area contributed by atoms with Crippen LogP contribution in [-0.4, -0.2) is 57.1 Å². The van der Waals surface area contributed by atoms with Crippen LogP contribution in [0.2, 0.25) is 0 Å². The molecule has 2 N–H and O–H groups in total. The third kappa shape index (κ3) is 4.72. The molecule has 0 aliphatic carbocycles. The first kappa shape index (κ1) is 12.0. The average Bonchev–Trinajstić information content (AvgIpc) is 1.64.